The molecule has 2 amide bonds. The zero-order chi connectivity index (χ0) is 12.7. The van der Waals surface area contributed by atoms with Crippen molar-refractivity contribution in [3.05, 3.63) is 0 Å². The lowest BCUT2D eigenvalue weighted by Gasteiger charge is -2.18. The third-order valence-corrected chi connectivity index (χ3v) is 3.15. The van der Waals surface area contributed by atoms with Crippen LogP contribution in [0.5, 0.6) is 0 Å². The van der Waals surface area contributed by atoms with Gasteiger partial charge < -0.3 is 10.2 Å². The van der Waals surface area contributed by atoms with Gasteiger partial charge in [-0.15, -0.1) is 0 Å². The summed E-state index contributed by atoms with van der Waals surface area (Å²) in [5.74, 6) is 0.0861. The number of carbonyl (C=O) groups is 2. The van der Waals surface area contributed by atoms with Crippen molar-refractivity contribution in [2.24, 2.45) is 0 Å². The third kappa shape index (κ3) is 5.20. The molecule has 1 atom stereocenters. The molecule has 1 aliphatic rings. The van der Waals surface area contributed by atoms with Crippen LogP contribution in [0.2, 0.25) is 0 Å². The van der Waals surface area contributed by atoms with Crippen molar-refractivity contribution in [3.63, 3.8) is 0 Å². The van der Waals surface area contributed by atoms with Gasteiger partial charge in [0.15, 0.2) is 0 Å². The average molecular weight is 240 g/mol. The van der Waals surface area contributed by atoms with Crippen LogP contribution in [0.1, 0.15) is 52.4 Å². The summed E-state index contributed by atoms with van der Waals surface area (Å²) >= 11 is 0. The van der Waals surface area contributed by atoms with Gasteiger partial charge in [0, 0.05) is 19.0 Å². The summed E-state index contributed by atoms with van der Waals surface area (Å²) in [6, 6.07) is 0.215. The zero-order valence-electron chi connectivity index (χ0n) is 11.0. The molecule has 0 bridgehead atoms. The highest BCUT2D eigenvalue weighted by molar-refractivity contribution is 5.85. The number of rotatable bonds is 7. The molecular weight excluding hydrogens is 216 g/mol. The summed E-state index contributed by atoms with van der Waals surface area (Å²) in [6.45, 7) is 5.16. The average Bonchev–Trinajstić information content (AvgIpc) is 2.64. The van der Waals surface area contributed by atoms with Gasteiger partial charge >= 0.3 is 0 Å². The zero-order valence-corrected chi connectivity index (χ0v) is 11.0. The van der Waals surface area contributed by atoms with Crippen LogP contribution < -0.4 is 5.32 Å². The van der Waals surface area contributed by atoms with Crippen molar-refractivity contribution < 1.29 is 9.59 Å². The number of nitrogens with one attached hydrogen (secondary N) is 1. The van der Waals surface area contributed by atoms with Gasteiger partial charge in [-0.25, -0.2) is 0 Å². The van der Waals surface area contributed by atoms with E-state index in [0.717, 1.165) is 25.8 Å². The monoisotopic (exact) mass is 240 g/mol. The number of hydrogen-bond acceptors (Lipinski definition) is 2. The van der Waals surface area contributed by atoms with Crippen LogP contribution in [0.15, 0.2) is 0 Å². The summed E-state index contributed by atoms with van der Waals surface area (Å²) in [5.41, 5.74) is 0. The molecular formula is C13H24N2O2. The molecule has 0 spiro atoms. The van der Waals surface area contributed by atoms with E-state index >= 15 is 0 Å². The Kier molecular flexibility index (Phi) is 6.01. The number of carbonyl (C=O) groups excluding carboxylic acids is 2. The van der Waals surface area contributed by atoms with E-state index in [2.05, 4.69) is 12.2 Å². The first-order valence-corrected chi connectivity index (χ1v) is 6.70. The Morgan fingerprint density at radius 1 is 1.47 bits per heavy atom. The molecule has 1 fully saturated rings. The number of hydrogen-bond donors (Lipinski definition) is 1. The lowest BCUT2D eigenvalue weighted by atomic mass is 10.1. The minimum Gasteiger partial charge on any atom is -0.352 e. The lowest BCUT2D eigenvalue weighted by Crippen LogP contribution is -2.41. The fourth-order valence-corrected chi connectivity index (χ4v) is 2.14. The molecule has 1 saturated heterocycles. The Labute approximate surface area is 104 Å². The number of nitrogens with zero attached hydrogens (tertiary/aromatic N) is 1. The van der Waals surface area contributed by atoms with Crippen molar-refractivity contribution in [2.75, 3.05) is 13.1 Å². The molecule has 0 aromatic heterocycles. The molecule has 4 nitrogen and oxygen atoms in total. The van der Waals surface area contributed by atoms with Gasteiger partial charge in [-0.3, -0.25) is 9.59 Å². The van der Waals surface area contributed by atoms with Crippen LogP contribution in [0, 0.1) is 0 Å². The molecule has 0 aliphatic carbocycles. The highest BCUT2D eigenvalue weighted by Gasteiger charge is 2.22. The Morgan fingerprint density at radius 3 is 2.82 bits per heavy atom. The largest absolute Gasteiger partial charge is 0.352 e. The molecule has 1 rings (SSSR count). The minimum atomic E-state index is -0.0238. The molecule has 0 aromatic rings. The molecule has 0 saturated carbocycles. The summed E-state index contributed by atoms with van der Waals surface area (Å²) in [5, 5.41) is 2.95. The standard InChI is InChI=1S/C13H24N2O2/c1-3-4-5-7-11(2)14-12(16)10-15-9-6-8-13(15)17/h11H,3-10H2,1-2H3,(H,14,16). The van der Waals surface area contributed by atoms with Crippen molar-refractivity contribution in [2.45, 2.75) is 58.4 Å². The first-order chi connectivity index (χ1) is 8.13. The molecule has 1 aliphatic heterocycles. The molecule has 1 N–H and O–H groups in total. The number of unbranched alkanes of at least 4 members (excludes halogenated alkanes) is 2. The Bertz CT molecular complexity index is 266. The predicted molar refractivity (Wildman–Crippen MR) is 67.6 cm³/mol. The van der Waals surface area contributed by atoms with Crippen molar-refractivity contribution in [1.29, 1.82) is 0 Å². The van der Waals surface area contributed by atoms with Gasteiger partial charge in [0.05, 0.1) is 6.54 Å². The maximum atomic E-state index is 11.7. The Balaban J connectivity index is 2.17. The molecule has 98 valence electrons. The summed E-state index contributed by atoms with van der Waals surface area (Å²) in [7, 11) is 0. The number of likely N-dealkylation sites (tertiary alicyclic amines) is 1. The highest BCUT2D eigenvalue weighted by atomic mass is 16.2. The van der Waals surface area contributed by atoms with E-state index in [4.69, 9.17) is 0 Å². The molecule has 0 aromatic carbocycles. The van der Waals surface area contributed by atoms with E-state index in [-0.39, 0.29) is 24.4 Å². The summed E-state index contributed by atoms with van der Waals surface area (Å²) in [6.07, 6.45) is 6.07. The number of amides is 2. The van der Waals surface area contributed by atoms with Crippen molar-refractivity contribution in [1.82, 2.24) is 10.2 Å². The van der Waals surface area contributed by atoms with Crippen LogP contribution in [0.3, 0.4) is 0 Å². The van der Waals surface area contributed by atoms with Gasteiger partial charge in [0.1, 0.15) is 0 Å². The van der Waals surface area contributed by atoms with Crippen LogP contribution in [0.25, 0.3) is 0 Å². The van der Waals surface area contributed by atoms with Gasteiger partial charge in [-0.05, 0) is 19.8 Å². The third-order valence-electron chi connectivity index (χ3n) is 3.15. The fraction of sp³-hybridized carbons (Fsp3) is 0.846. The molecule has 1 heterocycles. The van der Waals surface area contributed by atoms with Gasteiger partial charge in [0.25, 0.3) is 0 Å². The summed E-state index contributed by atoms with van der Waals surface area (Å²) in [4.78, 5) is 24.7. The Hall–Kier alpha value is -1.06. The second-order valence-corrected chi connectivity index (χ2v) is 4.88. The van der Waals surface area contributed by atoms with Crippen molar-refractivity contribution >= 4 is 11.8 Å². The van der Waals surface area contributed by atoms with Crippen LogP contribution >= 0.6 is 0 Å². The van der Waals surface area contributed by atoms with E-state index in [1.807, 2.05) is 6.92 Å². The van der Waals surface area contributed by atoms with E-state index in [0.29, 0.717) is 6.42 Å². The topological polar surface area (TPSA) is 49.4 Å². The van der Waals surface area contributed by atoms with E-state index in [9.17, 15) is 9.59 Å². The fourth-order valence-electron chi connectivity index (χ4n) is 2.14. The molecule has 0 radical (unpaired) electrons. The molecule has 17 heavy (non-hydrogen) atoms. The molecule has 4 heteroatoms. The van der Waals surface area contributed by atoms with E-state index < -0.39 is 0 Å². The van der Waals surface area contributed by atoms with Gasteiger partial charge in [0.2, 0.25) is 11.8 Å². The second-order valence-electron chi connectivity index (χ2n) is 4.88. The maximum absolute atomic E-state index is 11.7. The maximum Gasteiger partial charge on any atom is 0.239 e. The highest BCUT2D eigenvalue weighted by Crippen LogP contribution is 2.09. The van der Waals surface area contributed by atoms with Crippen LogP contribution in [0.4, 0.5) is 0 Å². The van der Waals surface area contributed by atoms with Crippen molar-refractivity contribution in [3.8, 4) is 0 Å². The van der Waals surface area contributed by atoms with Gasteiger partial charge in [-0.2, -0.15) is 0 Å². The first kappa shape index (κ1) is 14.0. The first-order valence-electron chi connectivity index (χ1n) is 6.70. The summed E-state index contributed by atoms with van der Waals surface area (Å²) < 4.78 is 0. The van der Waals surface area contributed by atoms with E-state index in [1.54, 1.807) is 4.90 Å². The van der Waals surface area contributed by atoms with Crippen LogP contribution in [-0.2, 0) is 9.59 Å². The van der Waals surface area contributed by atoms with Crippen LogP contribution in [-0.4, -0.2) is 35.8 Å². The molecule has 1 unspecified atom stereocenters. The van der Waals surface area contributed by atoms with E-state index in [1.165, 1.54) is 12.8 Å². The quantitative estimate of drug-likeness (QED) is 0.688. The Morgan fingerprint density at radius 2 is 2.24 bits per heavy atom. The lowest BCUT2D eigenvalue weighted by molar-refractivity contribution is -0.133. The minimum absolute atomic E-state index is 0.0238. The van der Waals surface area contributed by atoms with Gasteiger partial charge in [-0.1, -0.05) is 26.2 Å². The smallest absolute Gasteiger partial charge is 0.239 e. The SMILES string of the molecule is CCCCCC(C)NC(=O)CN1CCCC1=O. The second kappa shape index (κ2) is 7.30. The normalized spacial score (nSPS) is 17.3. The predicted octanol–water partition coefficient (Wildman–Crippen LogP) is 1.69.